The molecule has 1 saturated heterocycles. The molecule has 2 aromatic rings. The van der Waals surface area contributed by atoms with Crippen molar-refractivity contribution in [2.24, 2.45) is 0 Å². The van der Waals surface area contributed by atoms with E-state index in [1.807, 2.05) is 59.8 Å². The van der Waals surface area contributed by atoms with Gasteiger partial charge in [0.25, 0.3) is 5.69 Å². The first-order valence-electron chi connectivity index (χ1n) is 14.4. The fourth-order valence-corrected chi connectivity index (χ4v) is 4.71. The highest BCUT2D eigenvalue weighted by atomic mass is 16.6. The molecule has 10 nitrogen and oxygen atoms in total. The molecule has 2 heterocycles. The Hall–Kier alpha value is -4.08. The molecule has 0 aromatic heterocycles. The van der Waals surface area contributed by atoms with E-state index in [1.165, 1.54) is 17.7 Å². The normalized spacial score (nSPS) is 16.1. The largest absolute Gasteiger partial charge is 0.444 e. The first-order chi connectivity index (χ1) is 19.6. The number of carbonyl (C=O) groups is 2. The number of nitro groups is 1. The van der Waals surface area contributed by atoms with Crippen molar-refractivity contribution in [3.05, 3.63) is 75.8 Å². The highest BCUT2D eigenvalue weighted by Crippen LogP contribution is 2.29. The van der Waals surface area contributed by atoms with Crippen molar-refractivity contribution in [1.82, 2.24) is 9.80 Å². The summed E-state index contributed by atoms with van der Waals surface area (Å²) in [6, 6.07) is 14.5. The van der Waals surface area contributed by atoms with Gasteiger partial charge in [-0.1, -0.05) is 18.2 Å². The van der Waals surface area contributed by atoms with Crippen LogP contribution < -0.4 is 5.73 Å². The molecule has 0 spiro atoms. The second-order valence-electron chi connectivity index (χ2n) is 12.6. The van der Waals surface area contributed by atoms with Crippen LogP contribution in [-0.2, 0) is 9.47 Å². The van der Waals surface area contributed by atoms with Gasteiger partial charge in [-0.25, -0.2) is 9.59 Å². The van der Waals surface area contributed by atoms with Crippen LogP contribution in [-0.4, -0.2) is 64.3 Å². The molecule has 2 aliphatic heterocycles. The van der Waals surface area contributed by atoms with E-state index in [1.54, 1.807) is 21.9 Å². The summed E-state index contributed by atoms with van der Waals surface area (Å²) in [6.45, 7) is 13.8. The van der Waals surface area contributed by atoms with Crippen molar-refractivity contribution >= 4 is 29.1 Å². The molecule has 2 aliphatic rings. The van der Waals surface area contributed by atoms with Crippen LogP contribution in [0.25, 0.3) is 5.57 Å². The van der Waals surface area contributed by atoms with Crippen molar-refractivity contribution in [3.8, 4) is 0 Å². The number of amides is 2. The minimum absolute atomic E-state index is 0.0792. The van der Waals surface area contributed by atoms with E-state index in [9.17, 15) is 19.7 Å². The SMILES string of the molecule is CC(C)(C)OC(=O)N1CC=C(c2ccc([N+](=O)[O-])cc2)CC1.CC(C)(C)OC(=O)N1CCC(c2ccc(N)cc2)CC1. The third-order valence-electron chi connectivity index (χ3n) is 6.86. The quantitative estimate of drug-likeness (QED) is 0.235. The molecule has 2 amide bonds. The highest BCUT2D eigenvalue weighted by molar-refractivity contribution is 5.73. The second kappa shape index (κ2) is 13.7. The number of hydrogen-bond donors (Lipinski definition) is 1. The number of carbonyl (C=O) groups excluding carboxylic acids is 2. The molecule has 0 aliphatic carbocycles. The topological polar surface area (TPSA) is 128 Å². The number of non-ortho nitro benzene ring substituents is 1. The number of hydrogen-bond acceptors (Lipinski definition) is 7. The zero-order chi connectivity index (χ0) is 31.1. The Morgan fingerprint density at radius 3 is 1.81 bits per heavy atom. The number of nitrogen functional groups attached to an aromatic ring is 1. The Labute approximate surface area is 248 Å². The molecule has 1 fully saturated rings. The summed E-state index contributed by atoms with van der Waals surface area (Å²) < 4.78 is 10.7. The third-order valence-corrected chi connectivity index (χ3v) is 6.86. The van der Waals surface area contributed by atoms with Gasteiger partial charge >= 0.3 is 12.2 Å². The molecule has 0 unspecified atom stereocenters. The number of nitrogens with zero attached hydrogens (tertiary/aromatic N) is 3. The monoisotopic (exact) mass is 580 g/mol. The fourth-order valence-electron chi connectivity index (χ4n) is 4.71. The fraction of sp³-hybridized carbons (Fsp3) is 0.500. The van der Waals surface area contributed by atoms with E-state index in [0.717, 1.165) is 42.8 Å². The van der Waals surface area contributed by atoms with Crippen LogP contribution in [0, 0.1) is 10.1 Å². The average molecular weight is 581 g/mol. The molecule has 42 heavy (non-hydrogen) atoms. The van der Waals surface area contributed by atoms with Gasteiger partial charge in [0.2, 0.25) is 0 Å². The third kappa shape index (κ3) is 10.1. The van der Waals surface area contributed by atoms with Crippen molar-refractivity contribution in [3.63, 3.8) is 0 Å². The van der Waals surface area contributed by atoms with E-state index in [0.29, 0.717) is 25.4 Å². The number of nitrogens with two attached hydrogens (primary N) is 1. The summed E-state index contributed by atoms with van der Waals surface area (Å²) in [5, 5.41) is 10.7. The number of anilines is 1. The lowest BCUT2D eigenvalue weighted by Crippen LogP contribution is -2.41. The van der Waals surface area contributed by atoms with Gasteiger partial charge in [0.1, 0.15) is 11.2 Å². The van der Waals surface area contributed by atoms with Gasteiger partial charge < -0.3 is 25.0 Å². The number of rotatable bonds is 3. The van der Waals surface area contributed by atoms with Crippen molar-refractivity contribution in [2.45, 2.75) is 77.9 Å². The van der Waals surface area contributed by atoms with Gasteiger partial charge in [-0.2, -0.15) is 0 Å². The zero-order valence-electron chi connectivity index (χ0n) is 25.6. The number of piperidine rings is 1. The summed E-state index contributed by atoms with van der Waals surface area (Å²) in [5.74, 6) is 0.509. The average Bonchev–Trinajstić information content (AvgIpc) is 2.92. The van der Waals surface area contributed by atoms with Gasteiger partial charge in [0.15, 0.2) is 0 Å². The van der Waals surface area contributed by atoms with Crippen LogP contribution in [0.1, 0.15) is 77.8 Å². The van der Waals surface area contributed by atoms with Crippen molar-refractivity contribution in [2.75, 3.05) is 31.9 Å². The van der Waals surface area contributed by atoms with Crippen molar-refractivity contribution in [1.29, 1.82) is 0 Å². The van der Waals surface area contributed by atoms with Gasteiger partial charge in [-0.3, -0.25) is 10.1 Å². The first-order valence-corrected chi connectivity index (χ1v) is 14.4. The second-order valence-corrected chi connectivity index (χ2v) is 12.6. The zero-order valence-corrected chi connectivity index (χ0v) is 25.6. The smallest absolute Gasteiger partial charge is 0.410 e. The maximum absolute atomic E-state index is 12.0. The van der Waals surface area contributed by atoms with E-state index < -0.39 is 16.1 Å². The number of benzene rings is 2. The predicted molar refractivity (Wildman–Crippen MR) is 164 cm³/mol. The summed E-state index contributed by atoms with van der Waals surface area (Å²) >= 11 is 0. The molecule has 0 radical (unpaired) electrons. The number of likely N-dealkylation sites (tertiary alicyclic amines) is 1. The van der Waals surface area contributed by atoms with E-state index in [2.05, 4.69) is 12.1 Å². The van der Waals surface area contributed by atoms with Gasteiger partial charge in [0.05, 0.1) is 4.92 Å². The van der Waals surface area contributed by atoms with Crippen LogP contribution in [0.5, 0.6) is 0 Å². The van der Waals surface area contributed by atoms with E-state index in [-0.39, 0.29) is 17.9 Å². The molecule has 2 N–H and O–H groups in total. The van der Waals surface area contributed by atoms with Gasteiger partial charge in [-0.15, -0.1) is 0 Å². The predicted octanol–water partition coefficient (Wildman–Crippen LogP) is 7.00. The lowest BCUT2D eigenvalue weighted by Gasteiger charge is -2.33. The molecule has 0 bridgehead atoms. The number of ether oxygens (including phenoxy) is 2. The summed E-state index contributed by atoms with van der Waals surface area (Å²) in [4.78, 5) is 37.7. The van der Waals surface area contributed by atoms with Crippen LogP contribution >= 0.6 is 0 Å². The standard InChI is InChI=1S/C16H20N2O4.C16H24N2O2/c1-16(2,3)22-15(19)17-10-8-13(9-11-17)12-4-6-14(7-5-12)18(20)21;1-16(2,3)20-15(19)18-10-8-13(9-11-18)12-4-6-14(17)7-5-12/h4-8H,9-11H2,1-3H3;4-7,13H,8-11,17H2,1-3H3. The van der Waals surface area contributed by atoms with Crippen LogP contribution in [0.15, 0.2) is 54.6 Å². The first kappa shape index (κ1) is 32.4. The molecule has 228 valence electrons. The Morgan fingerprint density at radius 2 is 1.36 bits per heavy atom. The van der Waals surface area contributed by atoms with E-state index >= 15 is 0 Å². The van der Waals surface area contributed by atoms with Gasteiger partial charge in [0, 0.05) is 44.0 Å². The Morgan fingerprint density at radius 1 is 0.833 bits per heavy atom. The van der Waals surface area contributed by atoms with Crippen LogP contribution in [0.2, 0.25) is 0 Å². The minimum Gasteiger partial charge on any atom is -0.444 e. The number of nitro benzene ring substituents is 1. The molecule has 2 aromatic carbocycles. The maximum atomic E-state index is 12.0. The molecule has 0 atom stereocenters. The highest BCUT2D eigenvalue weighted by Gasteiger charge is 2.27. The lowest BCUT2D eigenvalue weighted by molar-refractivity contribution is -0.384. The summed E-state index contributed by atoms with van der Waals surface area (Å²) in [7, 11) is 0. The molecule has 0 saturated carbocycles. The maximum Gasteiger partial charge on any atom is 0.410 e. The van der Waals surface area contributed by atoms with Crippen LogP contribution in [0.3, 0.4) is 0 Å². The Balaban J connectivity index is 0.000000231. The molecule has 10 heteroatoms. The molecule has 4 rings (SSSR count). The van der Waals surface area contributed by atoms with Crippen LogP contribution in [0.4, 0.5) is 21.0 Å². The summed E-state index contributed by atoms with van der Waals surface area (Å²) in [5.41, 5.74) is 9.01. The Kier molecular flexibility index (Phi) is 10.6. The molecular weight excluding hydrogens is 536 g/mol. The van der Waals surface area contributed by atoms with E-state index in [4.69, 9.17) is 15.2 Å². The summed E-state index contributed by atoms with van der Waals surface area (Å²) in [6.07, 6.45) is 4.11. The van der Waals surface area contributed by atoms with Gasteiger partial charge in [-0.05, 0) is 108 Å². The lowest BCUT2D eigenvalue weighted by atomic mass is 9.89. The minimum atomic E-state index is -0.501. The van der Waals surface area contributed by atoms with Crippen molar-refractivity contribution < 1.29 is 24.0 Å². The molecular formula is C32H44N4O6. The Bertz CT molecular complexity index is 1250.